The molecule has 0 atom stereocenters. The molecule has 0 aliphatic heterocycles. The molecule has 0 fully saturated rings. The van der Waals surface area contributed by atoms with Crippen LogP contribution in [0.1, 0.15) is 19.4 Å². The summed E-state index contributed by atoms with van der Waals surface area (Å²) in [4.78, 5) is 23.1. The lowest BCUT2D eigenvalue weighted by Gasteiger charge is -2.18. The summed E-state index contributed by atoms with van der Waals surface area (Å²) < 4.78 is 42.7. The van der Waals surface area contributed by atoms with Gasteiger partial charge in [-0.3, -0.25) is 14.9 Å². The van der Waals surface area contributed by atoms with Gasteiger partial charge in [0.25, 0.3) is 5.91 Å². The molecule has 0 bridgehead atoms. The fraction of sp³-hybridized carbons (Fsp3) is 0.462. The van der Waals surface area contributed by atoms with Crippen molar-refractivity contribution in [2.75, 3.05) is 19.7 Å². The highest BCUT2D eigenvalue weighted by Crippen LogP contribution is 2.35. The van der Waals surface area contributed by atoms with E-state index in [4.69, 9.17) is 4.74 Å². The summed E-state index contributed by atoms with van der Waals surface area (Å²) in [6.07, 6.45) is -4.69. The average molecular weight is 320 g/mol. The van der Waals surface area contributed by atoms with Crippen molar-refractivity contribution in [1.29, 1.82) is 0 Å². The minimum atomic E-state index is -4.69. The Morgan fingerprint density at radius 2 is 1.91 bits per heavy atom. The molecular formula is C13H15F3N2O4. The van der Waals surface area contributed by atoms with Gasteiger partial charge in [0.05, 0.1) is 10.5 Å². The van der Waals surface area contributed by atoms with E-state index in [2.05, 4.69) is 0 Å². The quantitative estimate of drug-likeness (QED) is 0.597. The number of ether oxygens (including phenoxy) is 1. The van der Waals surface area contributed by atoms with Crippen LogP contribution < -0.4 is 4.74 Å². The lowest BCUT2D eigenvalue weighted by Crippen LogP contribution is -2.34. The maximum Gasteiger partial charge on any atom is 0.416 e. The maximum absolute atomic E-state index is 12.6. The number of carbonyl (C=O) groups excluding carboxylic acids is 1. The summed E-state index contributed by atoms with van der Waals surface area (Å²) in [5.74, 6) is -0.780. The summed E-state index contributed by atoms with van der Waals surface area (Å²) in [5.41, 5.74) is -1.98. The standard InChI is InChI=1S/C13H15F3N2O4/c1-3-17(4-2)12(19)8-22-11-6-5-9(13(14,15)16)7-10(11)18(20)21/h5-7H,3-4,8H2,1-2H3. The van der Waals surface area contributed by atoms with Crippen molar-refractivity contribution in [2.24, 2.45) is 0 Å². The molecule has 1 rings (SSSR count). The normalized spacial score (nSPS) is 11.1. The number of carbonyl (C=O) groups is 1. The lowest BCUT2D eigenvalue weighted by molar-refractivity contribution is -0.386. The van der Waals surface area contributed by atoms with Gasteiger partial charge in [-0.1, -0.05) is 0 Å². The van der Waals surface area contributed by atoms with Crippen LogP contribution in [-0.4, -0.2) is 35.4 Å². The Bertz CT molecular complexity index is 557. The van der Waals surface area contributed by atoms with Crippen LogP contribution in [0.4, 0.5) is 18.9 Å². The molecule has 1 aromatic rings. The van der Waals surface area contributed by atoms with E-state index in [1.165, 1.54) is 4.90 Å². The van der Waals surface area contributed by atoms with Crippen molar-refractivity contribution in [3.8, 4) is 5.75 Å². The van der Waals surface area contributed by atoms with Crippen molar-refractivity contribution in [2.45, 2.75) is 20.0 Å². The highest BCUT2D eigenvalue weighted by molar-refractivity contribution is 5.77. The van der Waals surface area contributed by atoms with Crippen LogP contribution in [0.5, 0.6) is 5.75 Å². The van der Waals surface area contributed by atoms with E-state index < -0.39 is 34.9 Å². The van der Waals surface area contributed by atoms with Gasteiger partial charge in [-0.15, -0.1) is 0 Å². The summed E-state index contributed by atoms with van der Waals surface area (Å²) in [7, 11) is 0. The first-order chi connectivity index (χ1) is 10.2. The van der Waals surface area contributed by atoms with E-state index in [9.17, 15) is 28.1 Å². The van der Waals surface area contributed by atoms with Gasteiger partial charge < -0.3 is 9.64 Å². The van der Waals surface area contributed by atoms with Crippen LogP contribution in [0.25, 0.3) is 0 Å². The second kappa shape index (κ2) is 7.10. The van der Waals surface area contributed by atoms with Crippen LogP contribution in [0.3, 0.4) is 0 Å². The molecule has 0 saturated carbocycles. The largest absolute Gasteiger partial charge is 0.477 e. The molecule has 0 radical (unpaired) electrons. The van der Waals surface area contributed by atoms with Crippen molar-refractivity contribution < 1.29 is 27.6 Å². The molecule has 1 aromatic carbocycles. The number of likely N-dealkylation sites (N-methyl/N-ethyl adjacent to an activating group) is 1. The van der Waals surface area contributed by atoms with Gasteiger partial charge >= 0.3 is 11.9 Å². The molecule has 22 heavy (non-hydrogen) atoms. The first-order valence-electron chi connectivity index (χ1n) is 6.46. The molecule has 0 spiro atoms. The number of alkyl halides is 3. The monoisotopic (exact) mass is 320 g/mol. The molecule has 0 aromatic heterocycles. The van der Waals surface area contributed by atoms with Gasteiger partial charge in [-0.2, -0.15) is 13.2 Å². The fourth-order valence-corrected chi connectivity index (χ4v) is 1.77. The Balaban J connectivity index is 2.96. The number of nitro benzene ring substituents is 1. The molecule has 0 saturated heterocycles. The summed E-state index contributed by atoms with van der Waals surface area (Å²) in [5, 5.41) is 10.9. The highest BCUT2D eigenvalue weighted by atomic mass is 19.4. The Labute approximate surface area is 124 Å². The van der Waals surface area contributed by atoms with Crippen molar-refractivity contribution in [3.05, 3.63) is 33.9 Å². The van der Waals surface area contributed by atoms with Gasteiger partial charge in [0, 0.05) is 19.2 Å². The van der Waals surface area contributed by atoms with E-state index in [1.807, 2.05) is 0 Å². The minimum Gasteiger partial charge on any atom is -0.477 e. The third-order valence-electron chi connectivity index (χ3n) is 2.95. The molecule has 0 aliphatic carbocycles. The van der Waals surface area contributed by atoms with Crippen molar-refractivity contribution >= 4 is 11.6 Å². The molecular weight excluding hydrogens is 305 g/mol. The van der Waals surface area contributed by atoms with Crippen LogP contribution in [-0.2, 0) is 11.0 Å². The molecule has 1 amide bonds. The van der Waals surface area contributed by atoms with E-state index in [0.29, 0.717) is 25.2 Å². The molecule has 9 heteroatoms. The van der Waals surface area contributed by atoms with Crippen LogP contribution in [0.15, 0.2) is 18.2 Å². The Hall–Kier alpha value is -2.32. The Kier molecular flexibility index (Phi) is 5.72. The molecule has 0 heterocycles. The lowest BCUT2D eigenvalue weighted by atomic mass is 10.2. The van der Waals surface area contributed by atoms with Crippen LogP contribution in [0, 0.1) is 10.1 Å². The van der Waals surface area contributed by atoms with E-state index >= 15 is 0 Å². The number of nitrogens with zero attached hydrogens (tertiary/aromatic N) is 2. The predicted molar refractivity (Wildman–Crippen MR) is 71.5 cm³/mol. The van der Waals surface area contributed by atoms with Crippen LogP contribution in [0.2, 0.25) is 0 Å². The van der Waals surface area contributed by atoms with Gasteiger partial charge in [0.2, 0.25) is 0 Å². The molecule has 0 unspecified atom stereocenters. The minimum absolute atomic E-state index is 0.376. The van der Waals surface area contributed by atoms with E-state index in [-0.39, 0.29) is 5.75 Å². The zero-order valence-electron chi connectivity index (χ0n) is 12.0. The predicted octanol–water partition coefficient (Wildman–Crippen LogP) is 2.86. The first kappa shape index (κ1) is 17.7. The first-order valence-corrected chi connectivity index (χ1v) is 6.46. The zero-order chi connectivity index (χ0) is 16.9. The number of hydrogen-bond acceptors (Lipinski definition) is 4. The van der Waals surface area contributed by atoms with Crippen molar-refractivity contribution in [1.82, 2.24) is 4.90 Å². The molecule has 0 N–H and O–H groups in total. The summed E-state index contributed by atoms with van der Waals surface area (Å²) in [6.45, 7) is 3.90. The Morgan fingerprint density at radius 1 is 1.32 bits per heavy atom. The third-order valence-corrected chi connectivity index (χ3v) is 2.95. The summed E-state index contributed by atoms with van der Waals surface area (Å²) in [6, 6.07) is 1.90. The Morgan fingerprint density at radius 3 is 2.36 bits per heavy atom. The number of halogens is 3. The number of nitro groups is 1. The SMILES string of the molecule is CCN(CC)C(=O)COc1ccc(C(F)(F)F)cc1[N+](=O)[O-]. The fourth-order valence-electron chi connectivity index (χ4n) is 1.77. The van der Waals surface area contributed by atoms with Gasteiger partial charge in [-0.05, 0) is 26.0 Å². The molecule has 0 aliphatic rings. The second-order valence-corrected chi connectivity index (χ2v) is 4.29. The highest BCUT2D eigenvalue weighted by Gasteiger charge is 2.33. The maximum atomic E-state index is 12.6. The molecule has 122 valence electrons. The number of amides is 1. The van der Waals surface area contributed by atoms with E-state index in [1.54, 1.807) is 13.8 Å². The average Bonchev–Trinajstić information content (AvgIpc) is 2.45. The second-order valence-electron chi connectivity index (χ2n) is 4.29. The third kappa shape index (κ3) is 4.34. The van der Waals surface area contributed by atoms with Gasteiger partial charge in [0.15, 0.2) is 12.4 Å². The number of benzene rings is 1. The number of hydrogen-bond donors (Lipinski definition) is 0. The van der Waals surface area contributed by atoms with Gasteiger partial charge in [0.1, 0.15) is 0 Å². The van der Waals surface area contributed by atoms with Gasteiger partial charge in [-0.25, -0.2) is 0 Å². The molecule has 6 nitrogen and oxygen atoms in total. The van der Waals surface area contributed by atoms with Crippen LogP contribution >= 0.6 is 0 Å². The van der Waals surface area contributed by atoms with Crippen molar-refractivity contribution in [3.63, 3.8) is 0 Å². The number of rotatable bonds is 6. The zero-order valence-corrected chi connectivity index (χ0v) is 12.0. The summed E-state index contributed by atoms with van der Waals surface area (Å²) >= 11 is 0. The van der Waals surface area contributed by atoms with E-state index in [0.717, 1.165) is 6.07 Å². The topological polar surface area (TPSA) is 72.7 Å². The smallest absolute Gasteiger partial charge is 0.416 e.